The Kier molecular flexibility index (Phi) is 5.79. The van der Waals surface area contributed by atoms with Crippen LogP contribution in [0.3, 0.4) is 0 Å². The van der Waals surface area contributed by atoms with Crippen molar-refractivity contribution in [3.8, 4) is 0 Å². The standard InChI is InChI=1S/C23H30N4O2/c1-16-9-10-18(15-17(16)2)20(28)11-12-22(29)26-14-6-7-19(26)23-25-24-21-8-4-3-5-13-27(21)23/h9-10,15,19H,3-8,11-14H2,1-2H3. The number of carbonyl (C=O) groups excluding carboxylic acids is 2. The predicted molar refractivity (Wildman–Crippen MR) is 111 cm³/mol. The molecule has 1 unspecified atom stereocenters. The van der Waals surface area contributed by atoms with E-state index < -0.39 is 0 Å². The summed E-state index contributed by atoms with van der Waals surface area (Å²) in [6, 6.07) is 5.75. The number of benzene rings is 1. The van der Waals surface area contributed by atoms with Gasteiger partial charge in [-0.25, -0.2) is 0 Å². The van der Waals surface area contributed by atoms with E-state index in [1.54, 1.807) is 0 Å². The summed E-state index contributed by atoms with van der Waals surface area (Å²) in [5, 5.41) is 8.87. The van der Waals surface area contributed by atoms with E-state index in [0.29, 0.717) is 5.56 Å². The van der Waals surface area contributed by atoms with Gasteiger partial charge in [0, 0.05) is 37.9 Å². The highest BCUT2D eigenvalue weighted by atomic mass is 16.2. The first-order valence-electron chi connectivity index (χ1n) is 10.9. The predicted octanol–water partition coefficient (Wildman–Crippen LogP) is 3.95. The molecule has 2 aliphatic heterocycles. The summed E-state index contributed by atoms with van der Waals surface area (Å²) >= 11 is 0. The van der Waals surface area contributed by atoms with Gasteiger partial charge in [-0.3, -0.25) is 9.59 Å². The number of likely N-dealkylation sites (tertiary alicyclic amines) is 1. The van der Waals surface area contributed by atoms with Crippen LogP contribution in [0.25, 0.3) is 0 Å². The zero-order valence-corrected chi connectivity index (χ0v) is 17.5. The lowest BCUT2D eigenvalue weighted by Crippen LogP contribution is -2.32. The van der Waals surface area contributed by atoms with Crippen LogP contribution in [0, 0.1) is 13.8 Å². The first kappa shape index (κ1) is 19.8. The normalized spacial score (nSPS) is 19.1. The SMILES string of the molecule is Cc1ccc(C(=O)CCC(=O)N2CCCC2c2nnc3n2CCCCC3)cc1C. The van der Waals surface area contributed by atoms with Gasteiger partial charge in [-0.05, 0) is 56.7 Å². The van der Waals surface area contributed by atoms with E-state index in [2.05, 4.69) is 14.8 Å². The topological polar surface area (TPSA) is 68.1 Å². The maximum absolute atomic E-state index is 13.0. The number of aromatic nitrogens is 3. The third-order valence-electron chi connectivity index (χ3n) is 6.40. The fourth-order valence-electron chi connectivity index (χ4n) is 4.51. The number of hydrogen-bond acceptors (Lipinski definition) is 4. The molecule has 6 heteroatoms. The molecule has 4 rings (SSSR count). The summed E-state index contributed by atoms with van der Waals surface area (Å²) in [5.74, 6) is 2.08. The molecule has 154 valence electrons. The fourth-order valence-corrected chi connectivity index (χ4v) is 4.51. The van der Waals surface area contributed by atoms with E-state index in [0.717, 1.165) is 62.4 Å². The van der Waals surface area contributed by atoms with Crippen molar-refractivity contribution in [1.29, 1.82) is 0 Å². The van der Waals surface area contributed by atoms with Gasteiger partial charge in [-0.15, -0.1) is 10.2 Å². The Balaban J connectivity index is 1.42. The molecule has 29 heavy (non-hydrogen) atoms. The maximum Gasteiger partial charge on any atom is 0.223 e. The van der Waals surface area contributed by atoms with Gasteiger partial charge in [0.25, 0.3) is 0 Å². The Bertz CT molecular complexity index is 918. The minimum absolute atomic E-state index is 0.00132. The number of aryl methyl sites for hydroxylation is 3. The lowest BCUT2D eigenvalue weighted by molar-refractivity contribution is -0.132. The molecule has 1 aromatic heterocycles. The second kappa shape index (κ2) is 8.47. The molecule has 0 bridgehead atoms. The number of carbonyl (C=O) groups is 2. The lowest BCUT2D eigenvalue weighted by atomic mass is 10.0. The summed E-state index contributed by atoms with van der Waals surface area (Å²) in [6.45, 7) is 5.73. The summed E-state index contributed by atoms with van der Waals surface area (Å²) < 4.78 is 2.24. The molecule has 0 saturated carbocycles. The number of ketones is 1. The third-order valence-corrected chi connectivity index (χ3v) is 6.40. The van der Waals surface area contributed by atoms with Crippen molar-refractivity contribution in [2.45, 2.75) is 77.8 Å². The van der Waals surface area contributed by atoms with Crippen LogP contribution in [0.2, 0.25) is 0 Å². The molecular weight excluding hydrogens is 364 g/mol. The number of rotatable bonds is 5. The van der Waals surface area contributed by atoms with Crippen LogP contribution in [0.4, 0.5) is 0 Å². The van der Waals surface area contributed by atoms with Gasteiger partial charge in [-0.2, -0.15) is 0 Å². The minimum Gasteiger partial charge on any atom is -0.332 e. The Morgan fingerprint density at radius 3 is 2.69 bits per heavy atom. The van der Waals surface area contributed by atoms with Gasteiger partial charge >= 0.3 is 0 Å². The summed E-state index contributed by atoms with van der Waals surface area (Å²) in [5.41, 5.74) is 2.97. The molecule has 3 heterocycles. The number of hydrogen-bond donors (Lipinski definition) is 0. The average Bonchev–Trinajstić information content (AvgIpc) is 3.28. The molecule has 1 aromatic carbocycles. The van der Waals surface area contributed by atoms with E-state index in [-0.39, 0.29) is 30.6 Å². The molecule has 0 spiro atoms. The molecule has 0 radical (unpaired) electrons. The van der Waals surface area contributed by atoms with Crippen LogP contribution < -0.4 is 0 Å². The maximum atomic E-state index is 13.0. The summed E-state index contributed by atoms with van der Waals surface area (Å²) in [7, 11) is 0. The molecule has 1 saturated heterocycles. The van der Waals surface area contributed by atoms with E-state index in [1.165, 1.54) is 12.0 Å². The first-order valence-corrected chi connectivity index (χ1v) is 10.9. The fraction of sp³-hybridized carbons (Fsp3) is 0.565. The highest BCUT2D eigenvalue weighted by molar-refractivity contribution is 5.98. The van der Waals surface area contributed by atoms with Crippen LogP contribution in [0.1, 0.15) is 84.1 Å². The monoisotopic (exact) mass is 394 g/mol. The van der Waals surface area contributed by atoms with Gasteiger partial charge in [0.1, 0.15) is 5.82 Å². The van der Waals surface area contributed by atoms with Gasteiger partial charge in [0.15, 0.2) is 11.6 Å². The van der Waals surface area contributed by atoms with Crippen LogP contribution in [-0.4, -0.2) is 37.9 Å². The Labute approximate surface area is 172 Å². The van der Waals surface area contributed by atoms with Crippen LogP contribution in [0.5, 0.6) is 0 Å². The second-order valence-corrected chi connectivity index (χ2v) is 8.40. The molecule has 2 aliphatic rings. The highest BCUT2D eigenvalue weighted by Gasteiger charge is 2.34. The van der Waals surface area contributed by atoms with E-state index in [4.69, 9.17) is 0 Å². The zero-order valence-electron chi connectivity index (χ0n) is 17.5. The van der Waals surface area contributed by atoms with Gasteiger partial charge in [-0.1, -0.05) is 18.6 Å². The van der Waals surface area contributed by atoms with Crippen LogP contribution in [0.15, 0.2) is 18.2 Å². The van der Waals surface area contributed by atoms with Crippen molar-refractivity contribution in [2.75, 3.05) is 6.54 Å². The average molecular weight is 395 g/mol. The number of amides is 1. The quantitative estimate of drug-likeness (QED) is 0.720. The number of nitrogens with zero attached hydrogens (tertiary/aromatic N) is 4. The molecular formula is C23H30N4O2. The van der Waals surface area contributed by atoms with Crippen LogP contribution >= 0.6 is 0 Å². The largest absolute Gasteiger partial charge is 0.332 e. The van der Waals surface area contributed by atoms with Crippen molar-refractivity contribution in [3.05, 3.63) is 46.5 Å². The van der Waals surface area contributed by atoms with Crippen molar-refractivity contribution in [1.82, 2.24) is 19.7 Å². The molecule has 2 aromatic rings. The van der Waals surface area contributed by atoms with Crippen LogP contribution in [-0.2, 0) is 17.8 Å². The second-order valence-electron chi connectivity index (χ2n) is 8.40. The zero-order chi connectivity index (χ0) is 20.4. The van der Waals surface area contributed by atoms with Crippen molar-refractivity contribution in [2.24, 2.45) is 0 Å². The molecule has 0 aliphatic carbocycles. The molecule has 6 nitrogen and oxygen atoms in total. The number of fused-ring (bicyclic) bond motifs is 1. The molecule has 1 atom stereocenters. The van der Waals surface area contributed by atoms with E-state index in [1.807, 2.05) is 36.9 Å². The van der Waals surface area contributed by atoms with Crippen molar-refractivity contribution in [3.63, 3.8) is 0 Å². The smallest absolute Gasteiger partial charge is 0.223 e. The van der Waals surface area contributed by atoms with E-state index >= 15 is 0 Å². The Morgan fingerprint density at radius 2 is 1.86 bits per heavy atom. The third kappa shape index (κ3) is 4.11. The first-order chi connectivity index (χ1) is 14.0. The summed E-state index contributed by atoms with van der Waals surface area (Å²) in [6.07, 6.45) is 6.90. The van der Waals surface area contributed by atoms with Crippen molar-refractivity contribution < 1.29 is 9.59 Å². The molecule has 0 N–H and O–H groups in total. The summed E-state index contributed by atoms with van der Waals surface area (Å²) in [4.78, 5) is 27.5. The van der Waals surface area contributed by atoms with Gasteiger partial charge < -0.3 is 9.47 Å². The Morgan fingerprint density at radius 1 is 1.00 bits per heavy atom. The molecule has 1 amide bonds. The van der Waals surface area contributed by atoms with Gasteiger partial charge in [0.2, 0.25) is 5.91 Å². The highest BCUT2D eigenvalue weighted by Crippen LogP contribution is 2.33. The van der Waals surface area contributed by atoms with Crippen molar-refractivity contribution >= 4 is 11.7 Å². The lowest BCUT2D eigenvalue weighted by Gasteiger charge is -2.24. The molecule has 1 fully saturated rings. The van der Waals surface area contributed by atoms with Gasteiger partial charge in [0.05, 0.1) is 6.04 Å². The Hall–Kier alpha value is -2.50. The number of Topliss-reactive ketones (excluding diaryl/α,β-unsaturated/α-hetero) is 1. The van der Waals surface area contributed by atoms with E-state index in [9.17, 15) is 9.59 Å². The minimum atomic E-state index is -0.00132.